The molecule has 1 aliphatic carbocycles. The summed E-state index contributed by atoms with van der Waals surface area (Å²) in [5.74, 6) is -1.79. The first-order valence-corrected chi connectivity index (χ1v) is 7.73. The van der Waals surface area contributed by atoms with E-state index in [2.05, 4.69) is 19.7 Å². The van der Waals surface area contributed by atoms with E-state index in [9.17, 15) is 14.4 Å². The molecule has 6 nitrogen and oxygen atoms in total. The number of rotatable bonds is 6. The number of esters is 3. The maximum atomic E-state index is 11.9. The normalized spacial score (nSPS) is 22.9. The Morgan fingerprint density at radius 1 is 0.708 bits per heavy atom. The molecule has 2 unspecified atom stereocenters. The lowest BCUT2D eigenvalue weighted by Crippen LogP contribution is -2.48. The summed E-state index contributed by atoms with van der Waals surface area (Å²) in [5.41, 5.74) is 0.678. The molecule has 0 aromatic heterocycles. The van der Waals surface area contributed by atoms with Crippen molar-refractivity contribution in [2.45, 2.75) is 58.3 Å². The van der Waals surface area contributed by atoms with Gasteiger partial charge in [0.05, 0.1) is 0 Å². The van der Waals surface area contributed by atoms with Crippen LogP contribution in [0.1, 0.15) is 40.0 Å². The van der Waals surface area contributed by atoms with Gasteiger partial charge in [-0.15, -0.1) is 0 Å². The predicted octanol–water partition coefficient (Wildman–Crippen LogP) is 2.63. The fourth-order valence-electron chi connectivity index (χ4n) is 2.19. The average Bonchev–Trinajstić information content (AvgIpc) is 2.49. The fraction of sp³-hybridized carbons (Fsp3) is 0.500. The quantitative estimate of drug-likeness (QED) is 0.421. The van der Waals surface area contributed by atoms with Crippen LogP contribution in [-0.2, 0) is 28.6 Å². The Labute approximate surface area is 142 Å². The van der Waals surface area contributed by atoms with E-state index in [-0.39, 0.29) is 16.7 Å². The summed E-state index contributed by atoms with van der Waals surface area (Å²) in [6.07, 6.45) is -0.677. The maximum absolute atomic E-state index is 11.9. The van der Waals surface area contributed by atoms with Crippen molar-refractivity contribution < 1.29 is 28.6 Å². The largest absolute Gasteiger partial charge is 0.455 e. The highest BCUT2D eigenvalue weighted by Crippen LogP contribution is 2.28. The Morgan fingerprint density at radius 2 is 1.04 bits per heavy atom. The zero-order chi connectivity index (χ0) is 18.4. The fourth-order valence-corrected chi connectivity index (χ4v) is 2.19. The third-order valence-electron chi connectivity index (χ3n) is 3.52. The topological polar surface area (TPSA) is 78.9 Å². The Kier molecular flexibility index (Phi) is 6.95. The molecule has 1 fully saturated rings. The molecule has 0 heterocycles. The molecule has 0 radical (unpaired) electrons. The lowest BCUT2D eigenvalue weighted by molar-refractivity contribution is -0.186. The first-order valence-electron chi connectivity index (χ1n) is 7.73. The lowest BCUT2D eigenvalue weighted by atomic mass is 9.91. The smallest absolute Gasteiger partial charge is 0.333 e. The predicted molar refractivity (Wildman–Crippen MR) is 87.9 cm³/mol. The van der Waals surface area contributed by atoms with Gasteiger partial charge in [0, 0.05) is 16.7 Å². The van der Waals surface area contributed by atoms with Crippen LogP contribution in [0.3, 0.4) is 0 Å². The van der Waals surface area contributed by atoms with Crippen LogP contribution in [0.2, 0.25) is 0 Å². The number of ether oxygens (including phenoxy) is 3. The Balaban J connectivity index is 2.98. The molecular formula is C18H24O6. The van der Waals surface area contributed by atoms with Crippen LogP contribution in [0, 0.1) is 0 Å². The van der Waals surface area contributed by atoms with Crippen LogP contribution < -0.4 is 0 Å². The summed E-state index contributed by atoms with van der Waals surface area (Å²) in [7, 11) is 0. The van der Waals surface area contributed by atoms with Gasteiger partial charge in [0.2, 0.25) is 0 Å². The van der Waals surface area contributed by atoms with Gasteiger partial charge in [-0.25, -0.2) is 14.4 Å². The molecule has 0 amide bonds. The molecular weight excluding hydrogens is 312 g/mol. The van der Waals surface area contributed by atoms with Crippen molar-refractivity contribution in [3.8, 4) is 0 Å². The van der Waals surface area contributed by atoms with Gasteiger partial charge in [0.1, 0.15) is 12.2 Å². The first kappa shape index (κ1) is 19.7. The van der Waals surface area contributed by atoms with Gasteiger partial charge in [-0.05, 0) is 40.0 Å². The Hall–Kier alpha value is -2.37. The van der Waals surface area contributed by atoms with Gasteiger partial charge in [-0.1, -0.05) is 19.7 Å². The van der Waals surface area contributed by atoms with Gasteiger partial charge in [-0.2, -0.15) is 0 Å². The van der Waals surface area contributed by atoms with E-state index in [1.54, 1.807) is 0 Å². The highest BCUT2D eigenvalue weighted by atomic mass is 16.6. The molecule has 0 aliphatic heterocycles. The molecule has 0 bridgehead atoms. The van der Waals surface area contributed by atoms with E-state index in [0.29, 0.717) is 19.3 Å². The van der Waals surface area contributed by atoms with Crippen molar-refractivity contribution in [2.24, 2.45) is 0 Å². The van der Waals surface area contributed by atoms with Crippen LogP contribution >= 0.6 is 0 Å². The summed E-state index contributed by atoms with van der Waals surface area (Å²) < 4.78 is 16.1. The summed E-state index contributed by atoms with van der Waals surface area (Å²) >= 11 is 0. The minimum atomic E-state index is -0.894. The number of hydrogen-bond acceptors (Lipinski definition) is 6. The minimum absolute atomic E-state index is 0.204. The van der Waals surface area contributed by atoms with Gasteiger partial charge >= 0.3 is 17.9 Å². The minimum Gasteiger partial charge on any atom is -0.455 e. The standard InChI is InChI=1S/C18H24O6/c1-10(2)16(19)22-13-8-7-9-14(23-17(20)11(3)4)15(13)24-18(21)12(5)6/h13-15H,1,3,5,7-9H2,2,4,6H3. The highest BCUT2D eigenvalue weighted by Gasteiger charge is 2.41. The summed E-state index contributed by atoms with van der Waals surface area (Å²) in [5, 5.41) is 0. The van der Waals surface area contributed by atoms with Crippen molar-refractivity contribution in [1.29, 1.82) is 0 Å². The first-order chi connectivity index (χ1) is 11.1. The van der Waals surface area contributed by atoms with Crippen LogP contribution in [0.25, 0.3) is 0 Å². The van der Waals surface area contributed by atoms with Gasteiger partial charge < -0.3 is 14.2 Å². The molecule has 2 atom stereocenters. The molecule has 0 aromatic rings. The van der Waals surface area contributed by atoms with Crippen molar-refractivity contribution >= 4 is 17.9 Å². The average molecular weight is 336 g/mol. The van der Waals surface area contributed by atoms with Crippen LogP contribution in [0.15, 0.2) is 36.5 Å². The zero-order valence-electron chi connectivity index (χ0n) is 14.4. The zero-order valence-corrected chi connectivity index (χ0v) is 14.4. The van der Waals surface area contributed by atoms with Crippen LogP contribution in [-0.4, -0.2) is 36.2 Å². The molecule has 24 heavy (non-hydrogen) atoms. The van der Waals surface area contributed by atoms with Crippen molar-refractivity contribution in [3.05, 3.63) is 36.5 Å². The van der Waals surface area contributed by atoms with Crippen LogP contribution in [0.5, 0.6) is 0 Å². The third-order valence-corrected chi connectivity index (χ3v) is 3.52. The second-order valence-electron chi connectivity index (χ2n) is 6.03. The van der Waals surface area contributed by atoms with Crippen molar-refractivity contribution in [2.75, 3.05) is 0 Å². The Bertz CT molecular complexity index is 538. The van der Waals surface area contributed by atoms with Crippen molar-refractivity contribution in [3.63, 3.8) is 0 Å². The van der Waals surface area contributed by atoms with E-state index in [0.717, 1.165) is 0 Å². The second-order valence-corrected chi connectivity index (χ2v) is 6.03. The number of hydrogen-bond donors (Lipinski definition) is 0. The molecule has 1 rings (SSSR count). The lowest BCUT2D eigenvalue weighted by Gasteiger charge is -2.36. The Morgan fingerprint density at radius 3 is 1.38 bits per heavy atom. The van der Waals surface area contributed by atoms with E-state index >= 15 is 0 Å². The SMILES string of the molecule is C=C(C)C(=O)OC1CCCC(OC(=O)C(=C)C)C1OC(=O)C(=C)C. The monoisotopic (exact) mass is 336 g/mol. The molecule has 0 aromatic carbocycles. The van der Waals surface area contributed by atoms with Gasteiger partial charge in [0.15, 0.2) is 6.10 Å². The van der Waals surface area contributed by atoms with E-state index in [1.807, 2.05) is 0 Å². The van der Waals surface area contributed by atoms with Crippen molar-refractivity contribution in [1.82, 2.24) is 0 Å². The van der Waals surface area contributed by atoms with E-state index in [1.165, 1.54) is 20.8 Å². The molecule has 0 N–H and O–H groups in total. The van der Waals surface area contributed by atoms with Gasteiger partial charge in [-0.3, -0.25) is 0 Å². The number of carbonyl (C=O) groups is 3. The molecule has 1 saturated carbocycles. The van der Waals surface area contributed by atoms with Gasteiger partial charge in [0.25, 0.3) is 0 Å². The van der Waals surface area contributed by atoms with E-state index in [4.69, 9.17) is 14.2 Å². The number of carbonyl (C=O) groups excluding carboxylic acids is 3. The molecule has 0 saturated heterocycles. The molecule has 6 heteroatoms. The maximum Gasteiger partial charge on any atom is 0.333 e. The van der Waals surface area contributed by atoms with Crippen LogP contribution in [0.4, 0.5) is 0 Å². The summed E-state index contributed by atoms with van der Waals surface area (Å²) in [6, 6.07) is 0. The van der Waals surface area contributed by atoms with E-state index < -0.39 is 36.2 Å². The summed E-state index contributed by atoms with van der Waals surface area (Å²) in [4.78, 5) is 35.5. The highest BCUT2D eigenvalue weighted by molar-refractivity contribution is 5.88. The second kappa shape index (κ2) is 8.47. The molecule has 0 spiro atoms. The third kappa shape index (κ3) is 5.37. The summed E-state index contributed by atoms with van der Waals surface area (Å²) in [6.45, 7) is 15.2. The molecule has 1 aliphatic rings. The molecule has 132 valence electrons.